The Hall–Kier alpha value is -3.65. The molecule has 1 N–H and O–H groups in total. The van der Waals surface area contributed by atoms with Crippen molar-refractivity contribution in [2.75, 3.05) is 0 Å². The summed E-state index contributed by atoms with van der Waals surface area (Å²) in [4.78, 5) is 17.9. The third-order valence-electron chi connectivity index (χ3n) is 5.24. The van der Waals surface area contributed by atoms with Gasteiger partial charge in [-0.2, -0.15) is 5.26 Å². The Balaban J connectivity index is 1.98. The van der Waals surface area contributed by atoms with Crippen molar-refractivity contribution >= 4 is 5.65 Å². The minimum Gasteiger partial charge on any atom is -0.295 e. The molecule has 4 aromatic rings. The van der Waals surface area contributed by atoms with E-state index in [-0.39, 0.29) is 11.5 Å². The van der Waals surface area contributed by atoms with Gasteiger partial charge < -0.3 is 0 Å². The average molecular weight is 382 g/mol. The highest BCUT2D eigenvalue weighted by molar-refractivity contribution is 5.75. The summed E-state index contributed by atoms with van der Waals surface area (Å²) in [5.74, 6) is -0.00499. The number of hydrogen-bond donors (Lipinski definition) is 1. The Morgan fingerprint density at radius 2 is 1.90 bits per heavy atom. The molecular weight excluding hydrogens is 360 g/mol. The van der Waals surface area contributed by atoms with Gasteiger partial charge in [0, 0.05) is 17.3 Å². The number of nitrogens with zero attached hydrogens (tertiary/aromatic N) is 3. The standard InChI is InChI=1S/C24H22N4O/c1-4-16-12-18(10-11-20(16)17-8-6-5-7-9-17)22-21(15(2)3)24(29)28-23(27-22)19(13-25)14-26-28/h5-12,14-15,26H,4H2,1-3H3. The zero-order chi connectivity index (χ0) is 20.5. The lowest BCUT2D eigenvalue weighted by atomic mass is 9.92. The van der Waals surface area contributed by atoms with E-state index in [2.05, 4.69) is 42.4 Å². The SMILES string of the molecule is CCc1cc(-c2nc3c(C#N)c[nH]n3c(=O)c2C(C)C)ccc1-c1ccccc1. The Morgan fingerprint density at radius 1 is 1.14 bits per heavy atom. The van der Waals surface area contributed by atoms with Crippen LogP contribution in [-0.2, 0) is 6.42 Å². The van der Waals surface area contributed by atoms with Gasteiger partial charge >= 0.3 is 0 Å². The van der Waals surface area contributed by atoms with Crippen molar-refractivity contribution in [2.45, 2.75) is 33.1 Å². The highest BCUT2D eigenvalue weighted by atomic mass is 16.1. The van der Waals surface area contributed by atoms with Crippen molar-refractivity contribution in [3.8, 4) is 28.5 Å². The number of aromatic nitrogens is 3. The van der Waals surface area contributed by atoms with E-state index in [0.717, 1.165) is 12.0 Å². The molecule has 0 unspecified atom stereocenters. The molecule has 0 fully saturated rings. The van der Waals surface area contributed by atoms with Gasteiger partial charge in [-0.05, 0) is 35.1 Å². The smallest absolute Gasteiger partial charge is 0.276 e. The normalized spacial score (nSPS) is 11.1. The van der Waals surface area contributed by atoms with Crippen LogP contribution in [0.4, 0.5) is 0 Å². The van der Waals surface area contributed by atoms with Crippen LogP contribution in [0.15, 0.2) is 59.5 Å². The Bertz CT molecular complexity index is 1290. The fourth-order valence-electron chi connectivity index (χ4n) is 3.78. The molecule has 2 aromatic heterocycles. The molecule has 0 amide bonds. The van der Waals surface area contributed by atoms with Crippen LogP contribution in [0, 0.1) is 11.3 Å². The van der Waals surface area contributed by atoms with E-state index in [0.29, 0.717) is 22.5 Å². The lowest BCUT2D eigenvalue weighted by Crippen LogP contribution is -2.22. The third kappa shape index (κ3) is 3.13. The molecule has 29 heavy (non-hydrogen) atoms. The number of nitrogens with one attached hydrogen (secondary N) is 1. The van der Waals surface area contributed by atoms with Crippen molar-refractivity contribution in [3.63, 3.8) is 0 Å². The first-order chi connectivity index (χ1) is 14.0. The highest BCUT2D eigenvalue weighted by Gasteiger charge is 2.20. The quantitative estimate of drug-likeness (QED) is 0.545. The molecule has 0 atom stereocenters. The van der Waals surface area contributed by atoms with Crippen LogP contribution in [0.1, 0.15) is 43.4 Å². The molecular formula is C24H22N4O. The number of nitriles is 1. The molecule has 2 aromatic carbocycles. The van der Waals surface area contributed by atoms with Gasteiger partial charge in [-0.25, -0.2) is 9.50 Å². The fraction of sp³-hybridized carbons (Fsp3) is 0.208. The first-order valence-corrected chi connectivity index (χ1v) is 9.78. The van der Waals surface area contributed by atoms with Crippen LogP contribution < -0.4 is 5.56 Å². The number of fused-ring (bicyclic) bond motifs is 1. The second-order valence-corrected chi connectivity index (χ2v) is 7.38. The van der Waals surface area contributed by atoms with E-state index in [4.69, 9.17) is 4.98 Å². The largest absolute Gasteiger partial charge is 0.295 e. The van der Waals surface area contributed by atoms with Crippen LogP contribution in [0.2, 0.25) is 0 Å². The predicted molar refractivity (Wildman–Crippen MR) is 115 cm³/mol. The van der Waals surface area contributed by atoms with Crippen molar-refractivity contribution in [3.05, 3.63) is 81.8 Å². The Morgan fingerprint density at radius 3 is 2.55 bits per heavy atom. The number of rotatable bonds is 4. The molecule has 4 rings (SSSR count). The van der Waals surface area contributed by atoms with Gasteiger partial charge in [0.05, 0.1) is 5.69 Å². The van der Waals surface area contributed by atoms with E-state index < -0.39 is 0 Å². The molecule has 0 radical (unpaired) electrons. The lowest BCUT2D eigenvalue weighted by Gasteiger charge is -2.15. The second kappa shape index (κ2) is 7.40. The molecule has 0 aliphatic rings. The third-order valence-corrected chi connectivity index (χ3v) is 5.24. The first kappa shape index (κ1) is 18.7. The number of hydrogen-bond acceptors (Lipinski definition) is 3. The van der Waals surface area contributed by atoms with Gasteiger partial charge in [-0.15, -0.1) is 0 Å². The minimum atomic E-state index is -0.160. The molecule has 0 saturated heterocycles. The van der Waals surface area contributed by atoms with Crippen molar-refractivity contribution in [1.82, 2.24) is 14.6 Å². The van der Waals surface area contributed by atoms with Crippen LogP contribution in [-0.4, -0.2) is 14.6 Å². The van der Waals surface area contributed by atoms with E-state index in [1.807, 2.05) is 38.1 Å². The molecule has 5 heteroatoms. The maximum atomic E-state index is 13.1. The van der Waals surface area contributed by atoms with Gasteiger partial charge in [0.25, 0.3) is 5.56 Å². The van der Waals surface area contributed by atoms with Gasteiger partial charge in [-0.3, -0.25) is 9.89 Å². The summed E-state index contributed by atoms with van der Waals surface area (Å²) < 4.78 is 1.36. The van der Waals surface area contributed by atoms with Gasteiger partial charge in [0.1, 0.15) is 11.6 Å². The van der Waals surface area contributed by atoms with Crippen LogP contribution in [0.5, 0.6) is 0 Å². The van der Waals surface area contributed by atoms with E-state index in [1.165, 1.54) is 27.4 Å². The van der Waals surface area contributed by atoms with Crippen molar-refractivity contribution < 1.29 is 0 Å². The fourth-order valence-corrected chi connectivity index (χ4v) is 3.78. The summed E-state index contributed by atoms with van der Waals surface area (Å²) in [5, 5.41) is 12.2. The van der Waals surface area contributed by atoms with Gasteiger partial charge in [0.2, 0.25) is 0 Å². The molecule has 0 aliphatic heterocycles. The molecule has 2 heterocycles. The predicted octanol–water partition coefficient (Wildman–Crippen LogP) is 4.91. The number of benzene rings is 2. The lowest BCUT2D eigenvalue weighted by molar-refractivity contribution is 0.797. The average Bonchev–Trinajstić information content (AvgIpc) is 3.17. The van der Waals surface area contributed by atoms with E-state index in [1.54, 1.807) is 0 Å². The number of aryl methyl sites for hydroxylation is 1. The van der Waals surface area contributed by atoms with Crippen LogP contribution in [0.25, 0.3) is 28.0 Å². The van der Waals surface area contributed by atoms with Crippen molar-refractivity contribution in [2.24, 2.45) is 0 Å². The maximum absolute atomic E-state index is 13.1. The molecule has 0 bridgehead atoms. The number of aromatic amines is 1. The summed E-state index contributed by atoms with van der Waals surface area (Å²) in [6.07, 6.45) is 2.39. The summed E-state index contributed by atoms with van der Waals surface area (Å²) in [7, 11) is 0. The molecule has 144 valence electrons. The van der Waals surface area contributed by atoms with Crippen molar-refractivity contribution in [1.29, 1.82) is 5.26 Å². The molecule has 0 spiro atoms. The molecule has 5 nitrogen and oxygen atoms in total. The number of H-pyrrole nitrogens is 1. The first-order valence-electron chi connectivity index (χ1n) is 9.78. The Kier molecular flexibility index (Phi) is 4.77. The second-order valence-electron chi connectivity index (χ2n) is 7.38. The maximum Gasteiger partial charge on any atom is 0.276 e. The zero-order valence-electron chi connectivity index (χ0n) is 16.7. The zero-order valence-corrected chi connectivity index (χ0v) is 16.7. The van der Waals surface area contributed by atoms with Gasteiger partial charge in [-0.1, -0.05) is 63.2 Å². The highest BCUT2D eigenvalue weighted by Crippen LogP contribution is 2.31. The van der Waals surface area contributed by atoms with Crippen LogP contribution in [0.3, 0.4) is 0 Å². The monoisotopic (exact) mass is 382 g/mol. The topological polar surface area (TPSA) is 73.9 Å². The summed E-state index contributed by atoms with van der Waals surface area (Å²) in [6, 6.07) is 18.6. The van der Waals surface area contributed by atoms with E-state index in [9.17, 15) is 10.1 Å². The van der Waals surface area contributed by atoms with Crippen LogP contribution >= 0.6 is 0 Å². The summed E-state index contributed by atoms with van der Waals surface area (Å²) in [5.41, 5.74) is 6.29. The van der Waals surface area contributed by atoms with Gasteiger partial charge in [0.15, 0.2) is 5.65 Å². The molecule has 0 aliphatic carbocycles. The summed E-state index contributed by atoms with van der Waals surface area (Å²) >= 11 is 0. The summed E-state index contributed by atoms with van der Waals surface area (Å²) in [6.45, 7) is 6.10. The minimum absolute atomic E-state index is 0.00499. The molecule has 0 saturated carbocycles. The van der Waals surface area contributed by atoms with E-state index >= 15 is 0 Å². The Labute approximate surface area is 169 Å².